The van der Waals surface area contributed by atoms with Gasteiger partial charge in [0.25, 0.3) is 0 Å². The first-order valence-electron chi connectivity index (χ1n) is 17.2. The maximum absolute atomic E-state index is 13.9. The Morgan fingerprint density at radius 2 is 1.73 bits per heavy atom. The molecular weight excluding hydrogens is 620 g/mol. The van der Waals surface area contributed by atoms with E-state index in [2.05, 4.69) is 11.1 Å². The van der Waals surface area contributed by atoms with Crippen LogP contribution in [0.2, 0.25) is 0 Å². The monoisotopic (exact) mass is 664 g/mol. The number of phenolic OH excluding ortho intramolecular Hbond substituents is 1. The summed E-state index contributed by atoms with van der Waals surface area (Å²) in [4.78, 5) is 44.5. The van der Waals surface area contributed by atoms with Crippen molar-refractivity contribution >= 4 is 29.4 Å². The molecule has 2 N–H and O–H groups in total. The molecule has 9 nitrogen and oxygen atoms in total. The van der Waals surface area contributed by atoms with Crippen molar-refractivity contribution in [1.82, 2.24) is 9.88 Å². The maximum atomic E-state index is 13.9. The standard InChI is InChI=1S/C40H44N2O7/c1-25-19-27(20-26(2)38(25)45)21-28(33-13-8-9-17-41-33)15-16-34-36-29(23-48-30-11-5-3-6-12-30)22-31-37(32(36)24-49-34)40(47)42(39(31)46)18-10-4-7-14-35(43)44/h3,5-6,8-9,11-13,17,19-21,31-32,34,37,45H,4,7,10,14-16,18,22-24H2,1-2H3,(H,43,44)/b28-21-/t31-,32+,34-,37-/m1/s1. The van der Waals surface area contributed by atoms with Gasteiger partial charge in [-0.25, -0.2) is 0 Å². The highest BCUT2D eigenvalue weighted by molar-refractivity contribution is 6.06. The number of allylic oxidation sites excluding steroid dienone is 1. The number of pyridine rings is 1. The van der Waals surface area contributed by atoms with Crippen molar-refractivity contribution in [3.8, 4) is 11.5 Å². The van der Waals surface area contributed by atoms with Gasteiger partial charge in [0.2, 0.25) is 11.8 Å². The lowest BCUT2D eigenvalue weighted by atomic mass is 9.69. The summed E-state index contributed by atoms with van der Waals surface area (Å²) >= 11 is 0. The number of aromatic hydroxyl groups is 1. The van der Waals surface area contributed by atoms with Gasteiger partial charge in [0, 0.05) is 25.1 Å². The molecule has 2 amide bonds. The predicted molar refractivity (Wildman–Crippen MR) is 186 cm³/mol. The predicted octanol–water partition coefficient (Wildman–Crippen LogP) is 6.77. The van der Waals surface area contributed by atoms with Crippen LogP contribution in [0.3, 0.4) is 0 Å². The van der Waals surface area contributed by atoms with Crippen molar-refractivity contribution in [3.05, 3.63) is 100 Å². The van der Waals surface area contributed by atoms with E-state index in [9.17, 15) is 19.5 Å². The average Bonchev–Trinajstić information content (AvgIpc) is 3.63. The van der Waals surface area contributed by atoms with Gasteiger partial charge in [0.1, 0.15) is 18.1 Å². The van der Waals surface area contributed by atoms with Crippen LogP contribution in [-0.2, 0) is 19.1 Å². The minimum atomic E-state index is -0.841. The molecule has 3 heterocycles. The van der Waals surface area contributed by atoms with E-state index < -0.39 is 17.8 Å². The van der Waals surface area contributed by atoms with Gasteiger partial charge < -0.3 is 19.7 Å². The Balaban J connectivity index is 1.25. The average molecular weight is 665 g/mol. The molecule has 2 aliphatic heterocycles. The number of carbonyl (C=O) groups is 3. The Morgan fingerprint density at radius 3 is 2.45 bits per heavy atom. The van der Waals surface area contributed by atoms with Crippen molar-refractivity contribution in [1.29, 1.82) is 0 Å². The van der Waals surface area contributed by atoms with Crippen molar-refractivity contribution in [2.24, 2.45) is 17.8 Å². The van der Waals surface area contributed by atoms with Crippen LogP contribution in [0.25, 0.3) is 11.6 Å². The number of hydrogen-bond acceptors (Lipinski definition) is 7. The Morgan fingerprint density at radius 1 is 0.980 bits per heavy atom. The van der Waals surface area contributed by atoms with Gasteiger partial charge in [-0.05, 0) is 122 Å². The first-order chi connectivity index (χ1) is 23.7. The molecule has 3 aromatic rings. The van der Waals surface area contributed by atoms with Gasteiger partial charge >= 0.3 is 5.97 Å². The number of phenols is 1. The molecular formula is C40H44N2O7. The second-order valence-corrected chi connectivity index (χ2v) is 13.4. The third-order valence-electron chi connectivity index (χ3n) is 10.1. The molecule has 4 atom stereocenters. The first kappa shape index (κ1) is 34.1. The number of carbonyl (C=O) groups excluding carboxylic acids is 2. The van der Waals surface area contributed by atoms with Gasteiger partial charge in [-0.3, -0.25) is 24.3 Å². The molecule has 9 heteroatoms. The number of aliphatic carboxylic acids is 1. The second kappa shape index (κ2) is 15.2. The lowest BCUT2D eigenvalue weighted by Crippen LogP contribution is -2.35. The van der Waals surface area contributed by atoms with Crippen LogP contribution in [0.5, 0.6) is 11.5 Å². The van der Waals surface area contributed by atoms with Gasteiger partial charge in [-0.1, -0.05) is 30.7 Å². The first-order valence-corrected chi connectivity index (χ1v) is 17.2. The third-order valence-corrected chi connectivity index (χ3v) is 10.1. The molecule has 0 saturated carbocycles. The molecule has 0 bridgehead atoms. The van der Waals surface area contributed by atoms with E-state index in [-0.39, 0.29) is 30.3 Å². The highest BCUT2D eigenvalue weighted by Gasteiger charge is 2.56. The molecule has 0 unspecified atom stereocenters. The zero-order chi connectivity index (χ0) is 34.5. The fourth-order valence-corrected chi connectivity index (χ4v) is 7.69. The minimum absolute atomic E-state index is 0.0808. The minimum Gasteiger partial charge on any atom is -0.507 e. The molecule has 1 aliphatic carbocycles. The number of para-hydroxylation sites is 1. The molecule has 0 spiro atoms. The maximum Gasteiger partial charge on any atom is 0.303 e. The molecule has 2 aromatic carbocycles. The molecule has 256 valence electrons. The number of ether oxygens (including phenoxy) is 2. The molecule has 49 heavy (non-hydrogen) atoms. The number of benzene rings is 2. The number of aryl methyl sites for hydroxylation is 2. The quantitative estimate of drug-likeness (QED) is 0.110. The summed E-state index contributed by atoms with van der Waals surface area (Å²) < 4.78 is 12.7. The fourth-order valence-electron chi connectivity index (χ4n) is 7.69. The van der Waals surface area contributed by atoms with Crippen molar-refractivity contribution < 1.29 is 34.1 Å². The number of carboxylic acids is 1. The number of nitrogens with zero attached hydrogens (tertiary/aromatic N) is 2. The van der Waals surface area contributed by atoms with E-state index in [1.807, 2.05) is 74.5 Å². The molecule has 1 aromatic heterocycles. The SMILES string of the molecule is Cc1cc(/C=C(/CC[C@H]2OC[C@H]3C2=C(COc2ccccc2)C[C@H]2C(=O)N(CCCCCC(=O)O)C(=O)[C@H]23)c2ccccn2)cc(C)c1O. The number of aromatic nitrogens is 1. The normalized spacial score (nSPS) is 22.0. The number of unbranched alkanes of at least 4 members (excludes halogenated alkanes) is 2. The fraction of sp³-hybridized carbons (Fsp3) is 0.400. The number of rotatable bonds is 14. The number of amides is 2. The van der Waals surface area contributed by atoms with E-state index >= 15 is 0 Å². The molecule has 0 radical (unpaired) electrons. The highest BCUT2D eigenvalue weighted by Crippen LogP contribution is 2.50. The van der Waals surface area contributed by atoms with Crippen LogP contribution in [0.4, 0.5) is 0 Å². The van der Waals surface area contributed by atoms with E-state index in [0.29, 0.717) is 64.0 Å². The number of fused-ring (bicyclic) bond motifs is 3. The van der Waals surface area contributed by atoms with Crippen LogP contribution in [-0.4, -0.2) is 63.7 Å². The van der Waals surface area contributed by atoms with Crippen LogP contribution in [0.15, 0.2) is 78.0 Å². The molecule has 2 fully saturated rings. The number of hydrogen-bond donors (Lipinski definition) is 2. The Labute approximate surface area is 287 Å². The molecule has 6 rings (SSSR count). The van der Waals surface area contributed by atoms with Gasteiger partial charge in [0.15, 0.2) is 0 Å². The van der Waals surface area contributed by atoms with Crippen LogP contribution < -0.4 is 4.74 Å². The molecule has 2 saturated heterocycles. The summed E-state index contributed by atoms with van der Waals surface area (Å²) in [6, 6.07) is 19.4. The van der Waals surface area contributed by atoms with Gasteiger partial charge in [0.05, 0.1) is 30.2 Å². The summed E-state index contributed by atoms with van der Waals surface area (Å²) in [7, 11) is 0. The topological polar surface area (TPSA) is 126 Å². The van der Waals surface area contributed by atoms with E-state index in [1.165, 1.54) is 4.90 Å². The van der Waals surface area contributed by atoms with Crippen LogP contribution >= 0.6 is 0 Å². The van der Waals surface area contributed by atoms with Crippen LogP contribution in [0, 0.1) is 31.6 Å². The summed E-state index contributed by atoms with van der Waals surface area (Å²) in [5, 5.41) is 19.3. The third kappa shape index (κ3) is 7.62. The number of likely N-dealkylation sites (tertiary alicyclic amines) is 1. The van der Waals surface area contributed by atoms with Crippen molar-refractivity contribution in [2.45, 2.75) is 64.9 Å². The van der Waals surface area contributed by atoms with Crippen molar-refractivity contribution in [3.63, 3.8) is 0 Å². The number of imide groups is 1. The Bertz CT molecular complexity index is 1730. The zero-order valence-corrected chi connectivity index (χ0v) is 28.1. The van der Waals surface area contributed by atoms with Crippen LogP contribution in [0.1, 0.15) is 67.3 Å². The van der Waals surface area contributed by atoms with Crippen molar-refractivity contribution in [2.75, 3.05) is 19.8 Å². The number of carboxylic acid groups (broad SMARTS) is 1. The summed E-state index contributed by atoms with van der Waals surface area (Å²) in [6.07, 6.45) is 7.24. The summed E-state index contributed by atoms with van der Waals surface area (Å²) in [5.74, 6) is -1.23. The Kier molecular flexibility index (Phi) is 10.6. The van der Waals surface area contributed by atoms with Gasteiger partial charge in [-0.2, -0.15) is 0 Å². The summed E-state index contributed by atoms with van der Waals surface area (Å²) in [6.45, 7) is 4.76. The molecule has 3 aliphatic rings. The second-order valence-electron chi connectivity index (χ2n) is 13.4. The summed E-state index contributed by atoms with van der Waals surface area (Å²) in [5.41, 5.74) is 6.60. The zero-order valence-electron chi connectivity index (χ0n) is 28.1. The smallest absolute Gasteiger partial charge is 0.303 e. The Hall–Kier alpha value is -4.76. The van der Waals surface area contributed by atoms with Gasteiger partial charge in [-0.15, -0.1) is 0 Å². The van der Waals surface area contributed by atoms with E-state index in [4.69, 9.17) is 14.6 Å². The largest absolute Gasteiger partial charge is 0.507 e. The van der Waals surface area contributed by atoms with E-state index in [1.54, 1.807) is 6.20 Å². The lowest BCUT2D eigenvalue weighted by Gasteiger charge is -2.32. The lowest BCUT2D eigenvalue weighted by molar-refractivity contribution is -0.141. The highest BCUT2D eigenvalue weighted by atomic mass is 16.5. The van der Waals surface area contributed by atoms with E-state index in [0.717, 1.165) is 44.9 Å².